The topological polar surface area (TPSA) is 69.4 Å². The molecule has 3 rings (SSSR count). The van der Waals surface area contributed by atoms with Gasteiger partial charge in [0, 0.05) is 34.0 Å². The molecule has 1 aliphatic carbocycles. The van der Waals surface area contributed by atoms with Crippen LogP contribution < -0.4 is 5.73 Å². The van der Waals surface area contributed by atoms with E-state index in [-0.39, 0.29) is 17.4 Å². The molecule has 26 heavy (non-hydrogen) atoms. The molecule has 3 atom stereocenters. The summed E-state index contributed by atoms with van der Waals surface area (Å²) in [6.07, 6.45) is 0. The van der Waals surface area contributed by atoms with Gasteiger partial charge in [0.05, 0.1) is 16.8 Å². The standard InChI is InChI=1S/C19H21BrClNO3S/c1-2-25-12-19(11-22)17(13-3-5-14(20)6-4-13)18(19)26(23,24)16-9-7-15(21)8-10-16/h3-10,17-18H,2,11-12,22H2,1H3/t17-,18+,19+/m1/s1. The molecule has 0 heterocycles. The molecule has 7 heteroatoms. The van der Waals surface area contributed by atoms with Crippen molar-refractivity contribution in [2.75, 3.05) is 19.8 Å². The first-order chi connectivity index (χ1) is 12.4. The van der Waals surface area contributed by atoms with Gasteiger partial charge in [0.15, 0.2) is 9.84 Å². The van der Waals surface area contributed by atoms with E-state index in [1.165, 1.54) is 0 Å². The predicted octanol–water partition coefficient (Wildman–Crippen LogP) is 4.02. The molecular weight excluding hydrogens is 438 g/mol. The summed E-state index contributed by atoms with van der Waals surface area (Å²) in [6, 6.07) is 14.0. The Morgan fingerprint density at radius 2 is 1.77 bits per heavy atom. The van der Waals surface area contributed by atoms with E-state index >= 15 is 0 Å². The van der Waals surface area contributed by atoms with Crippen molar-refractivity contribution >= 4 is 37.4 Å². The fourth-order valence-electron chi connectivity index (χ4n) is 3.66. The number of sulfone groups is 1. The van der Waals surface area contributed by atoms with Crippen LogP contribution >= 0.6 is 27.5 Å². The summed E-state index contributed by atoms with van der Waals surface area (Å²) in [6.45, 7) is 2.97. The molecule has 0 aliphatic heterocycles. The average molecular weight is 459 g/mol. The molecule has 0 unspecified atom stereocenters. The Bertz CT molecular complexity index is 871. The zero-order valence-electron chi connectivity index (χ0n) is 14.4. The fourth-order valence-corrected chi connectivity index (χ4v) is 6.49. The lowest BCUT2D eigenvalue weighted by Crippen LogP contribution is -2.29. The molecule has 1 aliphatic rings. The van der Waals surface area contributed by atoms with E-state index in [9.17, 15) is 8.42 Å². The molecular formula is C19H21BrClNO3S. The van der Waals surface area contributed by atoms with Crippen LogP contribution in [-0.4, -0.2) is 33.4 Å². The lowest BCUT2D eigenvalue weighted by Gasteiger charge is -2.16. The monoisotopic (exact) mass is 457 g/mol. The molecule has 2 aromatic carbocycles. The van der Waals surface area contributed by atoms with Gasteiger partial charge in [-0.3, -0.25) is 0 Å². The highest BCUT2D eigenvalue weighted by Crippen LogP contribution is 2.63. The first-order valence-electron chi connectivity index (χ1n) is 8.39. The molecule has 1 saturated carbocycles. The van der Waals surface area contributed by atoms with Gasteiger partial charge in [-0.15, -0.1) is 0 Å². The third kappa shape index (κ3) is 3.45. The SMILES string of the molecule is CCOC[C@@]1(CN)[C@H](c2ccc(Br)cc2)[C@@H]1S(=O)(=O)c1ccc(Cl)cc1. The molecule has 0 bridgehead atoms. The Kier molecular flexibility index (Phi) is 5.80. The van der Waals surface area contributed by atoms with Gasteiger partial charge in [-0.25, -0.2) is 8.42 Å². The second-order valence-corrected chi connectivity index (χ2v) is 9.94. The van der Waals surface area contributed by atoms with Crippen molar-refractivity contribution in [3.63, 3.8) is 0 Å². The molecule has 0 amide bonds. The summed E-state index contributed by atoms with van der Waals surface area (Å²) < 4.78 is 33.2. The Labute approximate surface area is 167 Å². The van der Waals surface area contributed by atoms with E-state index in [2.05, 4.69) is 15.9 Å². The van der Waals surface area contributed by atoms with E-state index in [1.807, 2.05) is 31.2 Å². The lowest BCUT2D eigenvalue weighted by atomic mass is 10.00. The predicted molar refractivity (Wildman–Crippen MR) is 107 cm³/mol. The summed E-state index contributed by atoms with van der Waals surface area (Å²) in [5.74, 6) is -0.201. The third-order valence-corrected chi connectivity index (χ3v) is 8.16. The van der Waals surface area contributed by atoms with Crippen LogP contribution in [0.25, 0.3) is 0 Å². The molecule has 2 aromatic rings. The Balaban J connectivity index is 2.03. The quantitative estimate of drug-likeness (QED) is 0.680. The zero-order valence-corrected chi connectivity index (χ0v) is 17.5. The molecule has 0 radical (unpaired) electrons. The van der Waals surface area contributed by atoms with E-state index in [0.29, 0.717) is 18.2 Å². The Hall–Kier alpha value is -0.920. The summed E-state index contributed by atoms with van der Waals surface area (Å²) in [4.78, 5) is 0.265. The van der Waals surface area contributed by atoms with E-state index in [0.717, 1.165) is 10.0 Å². The van der Waals surface area contributed by atoms with Crippen LogP contribution in [0.15, 0.2) is 57.9 Å². The second kappa shape index (κ2) is 7.60. The summed E-state index contributed by atoms with van der Waals surface area (Å²) in [5.41, 5.74) is 6.42. The summed E-state index contributed by atoms with van der Waals surface area (Å²) in [7, 11) is -3.57. The maximum absolute atomic E-state index is 13.3. The second-order valence-electron chi connectivity index (χ2n) is 6.52. The highest BCUT2D eigenvalue weighted by atomic mass is 79.9. The molecule has 1 fully saturated rings. The maximum Gasteiger partial charge on any atom is 0.182 e. The highest BCUT2D eigenvalue weighted by Gasteiger charge is 2.70. The molecule has 0 saturated heterocycles. The summed E-state index contributed by atoms with van der Waals surface area (Å²) in [5, 5.41) is -0.113. The van der Waals surface area contributed by atoms with Gasteiger partial charge in [-0.1, -0.05) is 39.7 Å². The van der Waals surface area contributed by atoms with Crippen LogP contribution in [0.4, 0.5) is 0 Å². The van der Waals surface area contributed by atoms with E-state index in [4.69, 9.17) is 22.1 Å². The number of hydrogen-bond donors (Lipinski definition) is 1. The van der Waals surface area contributed by atoms with Gasteiger partial charge in [0.2, 0.25) is 0 Å². The van der Waals surface area contributed by atoms with Gasteiger partial charge < -0.3 is 10.5 Å². The zero-order chi connectivity index (χ0) is 18.9. The minimum atomic E-state index is -3.57. The third-order valence-electron chi connectivity index (χ3n) is 5.04. The van der Waals surface area contributed by atoms with Crippen LogP contribution in [0.1, 0.15) is 18.4 Å². The summed E-state index contributed by atoms with van der Waals surface area (Å²) >= 11 is 9.33. The van der Waals surface area contributed by atoms with Crippen molar-refractivity contribution in [1.29, 1.82) is 0 Å². The van der Waals surface area contributed by atoms with Gasteiger partial charge in [-0.05, 0) is 48.9 Å². The van der Waals surface area contributed by atoms with Crippen LogP contribution in [0, 0.1) is 5.41 Å². The van der Waals surface area contributed by atoms with Gasteiger partial charge in [0.25, 0.3) is 0 Å². The highest BCUT2D eigenvalue weighted by molar-refractivity contribution is 9.10. The minimum Gasteiger partial charge on any atom is -0.381 e. The van der Waals surface area contributed by atoms with E-state index in [1.54, 1.807) is 24.3 Å². The molecule has 0 spiro atoms. The molecule has 2 N–H and O–H groups in total. The average Bonchev–Trinajstić information content (AvgIpc) is 3.31. The van der Waals surface area contributed by atoms with Gasteiger partial charge in [0.1, 0.15) is 0 Å². The molecule has 0 aromatic heterocycles. The van der Waals surface area contributed by atoms with Crippen molar-refractivity contribution in [2.45, 2.75) is 23.0 Å². The number of rotatable bonds is 7. The number of ether oxygens (including phenoxy) is 1. The maximum atomic E-state index is 13.3. The fraction of sp³-hybridized carbons (Fsp3) is 0.368. The van der Waals surface area contributed by atoms with Gasteiger partial charge in [-0.2, -0.15) is 0 Å². The van der Waals surface area contributed by atoms with Crippen molar-refractivity contribution in [3.8, 4) is 0 Å². The first kappa shape index (κ1) is 19.8. The number of nitrogens with two attached hydrogens (primary N) is 1. The smallest absolute Gasteiger partial charge is 0.182 e. The van der Waals surface area contributed by atoms with Crippen molar-refractivity contribution in [1.82, 2.24) is 0 Å². The molecule has 140 valence electrons. The van der Waals surface area contributed by atoms with Crippen molar-refractivity contribution in [2.24, 2.45) is 11.1 Å². The van der Waals surface area contributed by atoms with Crippen molar-refractivity contribution in [3.05, 3.63) is 63.6 Å². The van der Waals surface area contributed by atoms with Crippen LogP contribution in [0.2, 0.25) is 5.02 Å². The van der Waals surface area contributed by atoms with Crippen LogP contribution in [-0.2, 0) is 14.6 Å². The van der Waals surface area contributed by atoms with Crippen molar-refractivity contribution < 1.29 is 13.2 Å². The largest absolute Gasteiger partial charge is 0.381 e. The molecule has 4 nitrogen and oxygen atoms in total. The minimum absolute atomic E-state index is 0.201. The van der Waals surface area contributed by atoms with Crippen LogP contribution in [0.5, 0.6) is 0 Å². The first-order valence-corrected chi connectivity index (χ1v) is 11.1. The normalized spacial score (nSPS) is 25.2. The number of benzene rings is 2. The Morgan fingerprint density at radius 3 is 2.31 bits per heavy atom. The van der Waals surface area contributed by atoms with Crippen LogP contribution in [0.3, 0.4) is 0 Å². The Morgan fingerprint density at radius 1 is 1.15 bits per heavy atom. The number of hydrogen-bond acceptors (Lipinski definition) is 4. The van der Waals surface area contributed by atoms with Gasteiger partial charge >= 0.3 is 0 Å². The van der Waals surface area contributed by atoms with E-state index < -0.39 is 20.5 Å². The number of halogens is 2. The lowest BCUT2D eigenvalue weighted by molar-refractivity contribution is 0.101.